The maximum absolute atomic E-state index is 13.3. The number of carbonyl (C=O) groups is 1. The largest absolute Gasteiger partial charge is 0.439 e. The third-order valence-electron chi connectivity index (χ3n) is 3.64. The molecule has 3 rings (SSSR count). The first-order chi connectivity index (χ1) is 13.2. The number of hydrogen-bond donors (Lipinski definition) is 0. The smallest absolute Gasteiger partial charge is 0.433 e. The number of ether oxygens (including phenoxy) is 1. The van der Waals surface area contributed by atoms with Crippen LogP contribution in [0.25, 0.3) is 11.4 Å². The molecule has 0 unspecified atom stereocenters. The molecule has 0 saturated heterocycles. The van der Waals surface area contributed by atoms with Gasteiger partial charge in [0, 0.05) is 43.7 Å². The highest BCUT2D eigenvalue weighted by Gasteiger charge is 2.34. The van der Waals surface area contributed by atoms with Crippen LogP contribution in [0.15, 0.2) is 54.9 Å². The van der Waals surface area contributed by atoms with Crippen molar-refractivity contribution in [1.29, 1.82) is 0 Å². The van der Waals surface area contributed by atoms with Crippen molar-refractivity contribution < 1.29 is 22.7 Å². The molecule has 0 spiro atoms. The van der Waals surface area contributed by atoms with E-state index in [0.717, 1.165) is 0 Å². The van der Waals surface area contributed by atoms with Crippen molar-refractivity contribution in [3.05, 3.63) is 66.1 Å². The zero-order chi connectivity index (χ0) is 20.3. The molecule has 144 valence electrons. The maximum atomic E-state index is 13.3. The van der Waals surface area contributed by atoms with Gasteiger partial charge in [0.1, 0.15) is 5.75 Å². The number of amides is 1. The van der Waals surface area contributed by atoms with E-state index < -0.39 is 11.9 Å². The Morgan fingerprint density at radius 2 is 1.75 bits per heavy atom. The molecule has 0 fully saturated rings. The first kappa shape index (κ1) is 19.3. The van der Waals surface area contributed by atoms with Gasteiger partial charge in [-0.2, -0.15) is 18.2 Å². The van der Waals surface area contributed by atoms with E-state index >= 15 is 0 Å². The number of halogens is 3. The second-order valence-corrected chi connectivity index (χ2v) is 5.98. The van der Waals surface area contributed by atoms with Crippen LogP contribution in [0, 0.1) is 0 Å². The summed E-state index contributed by atoms with van der Waals surface area (Å²) in [4.78, 5) is 24.9. The first-order valence-electron chi connectivity index (χ1n) is 8.10. The summed E-state index contributed by atoms with van der Waals surface area (Å²) in [6, 6.07) is 9.81. The Morgan fingerprint density at radius 3 is 2.39 bits per heavy atom. The molecule has 0 N–H and O–H groups in total. The number of rotatable bonds is 4. The molecule has 0 bridgehead atoms. The number of alkyl halides is 3. The van der Waals surface area contributed by atoms with Crippen LogP contribution in [0.2, 0.25) is 0 Å². The molecule has 6 nitrogen and oxygen atoms in total. The van der Waals surface area contributed by atoms with Crippen molar-refractivity contribution in [3.63, 3.8) is 0 Å². The van der Waals surface area contributed by atoms with Crippen LogP contribution in [-0.2, 0) is 6.18 Å². The van der Waals surface area contributed by atoms with Gasteiger partial charge in [0.25, 0.3) is 5.91 Å². The fourth-order valence-corrected chi connectivity index (χ4v) is 2.32. The van der Waals surface area contributed by atoms with E-state index in [1.165, 1.54) is 41.6 Å². The Morgan fingerprint density at radius 1 is 1.04 bits per heavy atom. The summed E-state index contributed by atoms with van der Waals surface area (Å²) >= 11 is 0. The molecule has 9 heteroatoms. The van der Waals surface area contributed by atoms with Crippen molar-refractivity contribution >= 4 is 5.91 Å². The fraction of sp³-hybridized carbons (Fsp3) is 0.158. The summed E-state index contributed by atoms with van der Waals surface area (Å²) in [7, 11) is 3.19. The van der Waals surface area contributed by atoms with Crippen LogP contribution in [0.1, 0.15) is 16.1 Å². The molecule has 0 aliphatic rings. The number of pyridine rings is 1. The molecule has 1 aromatic carbocycles. The molecule has 28 heavy (non-hydrogen) atoms. The van der Waals surface area contributed by atoms with Crippen LogP contribution in [0.3, 0.4) is 0 Å². The highest BCUT2D eigenvalue weighted by molar-refractivity contribution is 5.94. The zero-order valence-corrected chi connectivity index (χ0v) is 14.9. The minimum Gasteiger partial charge on any atom is -0.439 e. The molecule has 0 aliphatic heterocycles. The predicted octanol–water partition coefficient (Wildman–Crippen LogP) is 4.05. The van der Waals surface area contributed by atoms with Gasteiger partial charge in [-0.15, -0.1) is 0 Å². The van der Waals surface area contributed by atoms with Crippen molar-refractivity contribution in [3.8, 4) is 23.0 Å². The number of carbonyl (C=O) groups excluding carboxylic acids is 1. The van der Waals surface area contributed by atoms with E-state index in [9.17, 15) is 18.0 Å². The Labute approximate surface area is 158 Å². The standard InChI is InChI=1S/C19H15F3N4O2/c1-26(2)18(27)13-4-3-5-14(10-13)28-16-11-15(19(20,21)22)24-17(25-16)12-6-8-23-9-7-12/h3-11H,1-2H3. The molecule has 2 aromatic heterocycles. The molecule has 0 saturated carbocycles. The van der Waals surface area contributed by atoms with E-state index in [0.29, 0.717) is 17.2 Å². The van der Waals surface area contributed by atoms with Crippen molar-refractivity contribution in [1.82, 2.24) is 19.9 Å². The summed E-state index contributed by atoms with van der Waals surface area (Å²) in [5.41, 5.74) is -0.436. The predicted molar refractivity (Wildman–Crippen MR) is 94.8 cm³/mol. The summed E-state index contributed by atoms with van der Waals surface area (Å²) in [6.45, 7) is 0. The molecule has 0 aliphatic carbocycles. The summed E-state index contributed by atoms with van der Waals surface area (Å²) in [5, 5.41) is 0. The van der Waals surface area contributed by atoms with Crippen LogP contribution in [0.4, 0.5) is 13.2 Å². The number of aromatic nitrogens is 3. The zero-order valence-electron chi connectivity index (χ0n) is 14.9. The number of hydrogen-bond acceptors (Lipinski definition) is 5. The molecule has 3 aromatic rings. The van der Waals surface area contributed by atoms with E-state index in [-0.39, 0.29) is 23.4 Å². The van der Waals surface area contributed by atoms with Crippen LogP contribution >= 0.6 is 0 Å². The highest BCUT2D eigenvalue weighted by atomic mass is 19.4. The SMILES string of the molecule is CN(C)C(=O)c1cccc(Oc2cc(C(F)(F)F)nc(-c3ccncc3)n2)c1. The maximum Gasteiger partial charge on any atom is 0.433 e. The summed E-state index contributed by atoms with van der Waals surface area (Å²) in [5.74, 6) is -0.516. The summed E-state index contributed by atoms with van der Waals surface area (Å²) in [6.07, 6.45) is -1.82. The van der Waals surface area contributed by atoms with E-state index in [1.54, 1.807) is 26.2 Å². The third-order valence-corrected chi connectivity index (χ3v) is 3.64. The lowest BCUT2D eigenvalue weighted by molar-refractivity contribution is -0.141. The van der Waals surface area contributed by atoms with Gasteiger partial charge in [-0.25, -0.2) is 4.98 Å². The van der Waals surface area contributed by atoms with Crippen LogP contribution in [0.5, 0.6) is 11.6 Å². The molecule has 2 heterocycles. The molecule has 0 radical (unpaired) electrons. The van der Waals surface area contributed by atoms with Gasteiger partial charge in [0.05, 0.1) is 0 Å². The van der Waals surface area contributed by atoms with Crippen molar-refractivity contribution in [2.24, 2.45) is 0 Å². The van der Waals surface area contributed by atoms with Gasteiger partial charge in [0.15, 0.2) is 11.5 Å². The Kier molecular flexibility index (Phi) is 5.25. The molecular weight excluding hydrogens is 373 g/mol. The lowest BCUT2D eigenvalue weighted by Crippen LogP contribution is -2.21. The topological polar surface area (TPSA) is 68.2 Å². The summed E-state index contributed by atoms with van der Waals surface area (Å²) < 4.78 is 45.3. The molecular formula is C19H15F3N4O2. The first-order valence-corrected chi connectivity index (χ1v) is 8.10. The van der Waals surface area contributed by atoms with Gasteiger partial charge in [-0.1, -0.05) is 6.07 Å². The van der Waals surface area contributed by atoms with Crippen LogP contribution < -0.4 is 4.74 Å². The monoisotopic (exact) mass is 388 g/mol. The van der Waals surface area contributed by atoms with E-state index in [2.05, 4.69) is 15.0 Å². The van der Waals surface area contributed by atoms with E-state index in [4.69, 9.17) is 4.74 Å². The number of benzene rings is 1. The van der Waals surface area contributed by atoms with Crippen LogP contribution in [-0.4, -0.2) is 39.9 Å². The Bertz CT molecular complexity index is 992. The minimum absolute atomic E-state index is 0.146. The quantitative estimate of drug-likeness (QED) is 0.675. The minimum atomic E-state index is -4.68. The van der Waals surface area contributed by atoms with Gasteiger partial charge >= 0.3 is 6.18 Å². The molecule has 0 atom stereocenters. The van der Waals surface area contributed by atoms with Gasteiger partial charge < -0.3 is 9.64 Å². The second-order valence-electron chi connectivity index (χ2n) is 5.98. The Hall–Kier alpha value is -3.49. The lowest BCUT2D eigenvalue weighted by Gasteiger charge is -2.13. The highest BCUT2D eigenvalue weighted by Crippen LogP contribution is 2.32. The normalized spacial score (nSPS) is 11.2. The molecule has 1 amide bonds. The van der Waals surface area contributed by atoms with Gasteiger partial charge in [0.2, 0.25) is 5.88 Å². The van der Waals surface area contributed by atoms with E-state index in [1.807, 2.05) is 0 Å². The average molecular weight is 388 g/mol. The van der Waals surface area contributed by atoms with Gasteiger partial charge in [-0.05, 0) is 30.3 Å². The van der Waals surface area contributed by atoms with Gasteiger partial charge in [-0.3, -0.25) is 9.78 Å². The second kappa shape index (κ2) is 7.63. The van der Waals surface area contributed by atoms with Crippen molar-refractivity contribution in [2.75, 3.05) is 14.1 Å². The fourth-order valence-electron chi connectivity index (χ4n) is 2.32. The third kappa shape index (κ3) is 4.43. The van der Waals surface area contributed by atoms with Crippen molar-refractivity contribution in [2.45, 2.75) is 6.18 Å². The average Bonchev–Trinajstić information content (AvgIpc) is 2.67. The number of nitrogens with zero attached hydrogens (tertiary/aromatic N) is 4. The Balaban J connectivity index is 2.00. The lowest BCUT2D eigenvalue weighted by atomic mass is 10.2.